The molecule has 0 radical (unpaired) electrons. The van der Waals surface area contributed by atoms with Crippen molar-refractivity contribution in [3.63, 3.8) is 0 Å². The number of carbonyl (C=O) groups is 1. The Morgan fingerprint density at radius 1 is 1.50 bits per heavy atom. The van der Waals surface area contributed by atoms with Crippen LogP contribution in [-0.2, 0) is 28.9 Å². The number of benzene rings is 1. The van der Waals surface area contributed by atoms with Gasteiger partial charge in [-0.05, 0) is 36.7 Å². The fourth-order valence-electron chi connectivity index (χ4n) is 3.07. The number of rotatable bonds is 6. The summed E-state index contributed by atoms with van der Waals surface area (Å²) in [4.78, 5) is 12.2. The zero-order valence-electron chi connectivity index (χ0n) is 13.7. The summed E-state index contributed by atoms with van der Waals surface area (Å²) in [6, 6.07) is 8.18. The Balaban J connectivity index is 1.52. The first-order valence-electron chi connectivity index (χ1n) is 8.29. The van der Waals surface area contributed by atoms with Crippen molar-refractivity contribution in [3.8, 4) is 0 Å². The topological polar surface area (TPSA) is 71.9 Å². The predicted molar refractivity (Wildman–Crippen MR) is 93.3 cm³/mol. The summed E-state index contributed by atoms with van der Waals surface area (Å²) in [5, 5.41) is 9.93. The lowest BCUT2D eigenvalue weighted by atomic mass is 9.95. The Morgan fingerprint density at radius 3 is 3.17 bits per heavy atom. The van der Waals surface area contributed by atoms with Crippen LogP contribution in [-0.4, -0.2) is 33.8 Å². The lowest BCUT2D eigenvalue weighted by Crippen LogP contribution is -2.29. The minimum absolute atomic E-state index is 0.00566. The van der Waals surface area contributed by atoms with E-state index in [-0.39, 0.29) is 12.0 Å². The third-order valence-electron chi connectivity index (χ3n) is 4.29. The maximum Gasteiger partial charge on any atom is 0.222 e. The summed E-state index contributed by atoms with van der Waals surface area (Å²) in [5.74, 6) is 0.857. The molecule has 7 heteroatoms. The lowest BCUT2D eigenvalue weighted by molar-refractivity contribution is -0.124. The molecule has 0 unspecified atom stereocenters. The van der Waals surface area contributed by atoms with Crippen LogP contribution in [0.1, 0.15) is 36.4 Å². The smallest absolute Gasteiger partial charge is 0.222 e. The van der Waals surface area contributed by atoms with E-state index < -0.39 is 0 Å². The van der Waals surface area contributed by atoms with Crippen LogP contribution in [0.3, 0.4) is 0 Å². The van der Waals surface area contributed by atoms with Crippen LogP contribution in [0.25, 0.3) is 0 Å². The summed E-state index contributed by atoms with van der Waals surface area (Å²) in [6.07, 6.45) is 1.75. The van der Waals surface area contributed by atoms with E-state index in [4.69, 9.17) is 17.0 Å². The van der Waals surface area contributed by atoms with Gasteiger partial charge < -0.3 is 14.6 Å². The zero-order valence-corrected chi connectivity index (χ0v) is 14.6. The first-order chi connectivity index (χ1) is 11.7. The number of nitrogens with one attached hydrogen (secondary N) is 2. The van der Waals surface area contributed by atoms with Crippen LogP contribution in [0, 0.1) is 4.77 Å². The molecule has 1 aromatic heterocycles. The first-order valence-corrected chi connectivity index (χ1v) is 8.70. The molecule has 2 aromatic rings. The monoisotopic (exact) mass is 346 g/mol. The van der Waals surface area contributed by atoms with Crippen molar-refractivity contribution in [2.45, 2.75) is 38.8 Å². The maximum atomic E-state index is 12.2. The minimum Gasteiger partial charge on any atom is -0.373 e. The highest BCUT2D eigenvalue weighted by atomic mass is 32.1. The highest BCUT2D eigenvalue weighted by molar-refractivity contribution is 7.71. The highest BCUT2D eigenvalue weighted by Gasteiger charge is 2.22. The maximum absolute atomic E-state index is 12.2. The number of carbonyl (C=O) groups excluding carboxylic acids is 1. The van der Waals surface area contributed by atoms with Crippen molar-refractivity contribution >= 4 is 18.1 Å². The van der Waals surface area contributed by atoms with E-state index in [1.807, 2.05) is 29.7 Å². The van der Waals surface area contributed by atoms with Crippen molar-refractivity contribution in [2.24, 2.45) is 0 Å². The summed E-state index contributed by atoms with van der Waals surface area (Å²) in [7, 11) is 0. The molecule has 2 N–H and O–H groups in total. The average Bonchev–Trinajstić information content (AvgIpc) is 2.95. The third-order valence-corrected chi connectivity index (χ3v) is 4.60. The highest BCUT2D eigenvalue weighted by Crippen LogP contribution is 2.29. The van der Waals surface area contributed by atoms with Gasteiger partial charge in [0.15, 0.2) is 4.77 Å². The normalized spacial score (nSPS) is 16.6. The Morgan fingerprint density at radius 2 is 2.33 bits per heavy atom. The molecule has 1 aromatic carbocycles. The Labute approximate surface area is 146 Å². The molecular weight excluding hydrogens is 324 g/mol. The van der Waals surface area contributed by atoms with Gasteiger partial charge in [-0.25, -0.2) is 0 Å². The van der Waals surface area contributed by atoms with Gasteiger partial charge in [0.2, 0.25) is 5.91 Å². The number of hydrogen-bond donors (Lipinski definition) is 2. The minimum atomic E-state index is -0.153. The van der Waals surface area contributed by atoms with E-state index in [0.717, 1.165) is 24.4 Å². The van der Waals surface area contributed by atoms with E-state index in [2.05, 4.69) is 21.6 Å². The van der Waals surface area contributed by atoms with Gasteiger partial charge in [0.25, 0.3) is 0 Å². The van der Waals surface area contributed by atoms with Crippen molar-refractivity contribution in [1.82, 2.24) is 20.1 Å². The van der Waals surface area contributed by atoms with E-state index in [9.17, 15) is 4.79 Å². The fourth-order valence-corrected chi connectivity index (χ4v) is 3.35. The van der Waals surface area contributed by atoms with Gasteiger partial charge in [0, 0.05) is 19.5 Å². The lowest BCUT2D eigenvalue weighted by Gasteiger charge is -2.25. The van der Waals surface area contributed by atoms with Crippen LogP contribution in [0.15, 0.2) is 24.3 Å². The molecule has 1 atom stereocenters. The van der Waals surface area contributed by atoms with Crippen LogP contribution < -0.4 is 5.32 Å². The molecule has 3 rings (SSSR count). The second kappa shape index (κ2) is 7.72. The van der Waals surface area contributed by atoms with Gasteiger partial charge in [-0.15, -0.1) is 0 Å². The number of fused-ring (bicyclic) bond motifs is 1. The Hall–Kier alpha value is -1.99. The van der Waals surface area contributed by atoms with Crippen molar-refractivity contribution < 1.29 is 9.53 Å². The molecule has 1 aliphatic heterocycles. The Kier molecular flexibility index (Phi) is 5.42. The van der Waals surface area contributed by atoms with Gasteiger partial charge in [-0.3, -0.25) is 9.89 Å². The zero-order chi connectivity index (χ0) is 16.9. The largest absolute Gasteiger partial charge is 0.373 e. The number of aromatic nitrogens is 3. The first kappa shape index (κ1) is 16.9. The van der Waals surface area contributed by atoms with E-state index >= 15 is 0 Å². The van der Waals surface area contributed by atoms with Crippen LogP contribution in [0.4, 0.5) is 0 Å². The second-order valence-electron chi connectivity index (χ2n) is 5.80. The Bertz CT molecular complexity index is 768. The number of ether oxygens (including phenoxy) is 1. The van der Waals surface area contributed by atoms with E-state index in [1.165, 1.54) is 5.56 Å². The molecule has 1 aliphatic rings. The molecule has 0 bridgehead atoms. The van der Waals surface area contributed by atoms with Crippen LogP contribution >= 0.6 is 12.2 Å². The second-order valence-corrected chi connectivity index (χ2v) is 6.19. The molecule has 24 heavy (non-hydrogen) atoms. The molecule has 6 nitrogen and oxygen atoms in total. The van der Waals surface area contributed by atoms with Gasteiger partial charge in [-0.1, -0.05) is 24.3 Å². The summed E-state index contributed by atoms with van der Waals surface area (Å²) in [5.41, 5.74) is 2.41. The molecule has 0 spiro atoms. The fraction of sp³-hybridized carbons (Fsp3) is 0.471. The molecule has 0 aliphatic carbocycles. The number of hydrogen-bond acceptors (Lipinski definition) is 4. The van der Waals surface area contributed by atoms with Gasteiger partial charge in [0.05, 0.1) is 19.1 Å². The van der Waals surface area contributed by atoms with Gasteiger partial charge in [-0.2, -0.15) is 5.10 Å². The van der Waals surface area contributed by atoms with E-state index in [0.29, 0.717) is 30.8 Å². The number of nitrogens with zero attached hydrogens (tertiary/aromatic N) is 2. The van der Waals surface area contributed by atoms with Crippen LogP contribution in [0.5, 0.6) is 0 Å². The van der Waals surface area contributed by atoms with Crippen molar-refractivity contribution in [1.29, 1.82) is 0 Å². The van der Waals surface area contributed by atoms with Crippen molar-refractivity contribution in [3.05, 3.63) is 46.0 Å². The van der Waals surface area contributed by atoms with Gasteiger partial charge in [0.1, 0.15) is 5.82 Å². The molecule has 2 heterocycles. The predicted octanol–water partition coefficient (Wildman–Crippen LogP) is 2.32. The summed E-state index contributed by atoms with van der Waals surface area (Å²) < 4.78 is 8.33. The number of amides is 1. The molecule has 1 amide bonds. The molecule has 0 saturated carbocycles. The summed E-state index contributed by atoms with van der Waals surface area (Å²) in [6.45, 7) is 3.99. The third kappa shape index (κ3) is 3.73. The SMILES string of the molecule is CCn1c(CCNC(=O)C[C@@H]2OCCc3ccccc32)n[nH]c1=S. The average molecular weight is 346 g/mol. The molecule has 128 valence electrons. The molecule has 0 saturated heterocycles. The van der Waals surface area contributed by atoms with Crippen molar-refractivity contribution in [2.75, 3.05) is 13.2 Å². The molecule has 0 fully saturated rings. The molecular formula is C17H22N4O2S. The standard InChI is InChI=1S/C17H22N4O2S/c1-2-21-15(19-20-17(21)24)7-9-18-16(22)11-14-13-6-4-3-5-12(13)8-10-23-14/h3-6,14H,2,7-11H2,1H3,(H,18,22)(H,20,24)/t14-/m0/s1. The summed E-state index contributed by atoms with van der Waals surface area (Å²) >= 11 is 5.16. The quantitative estimate of drug-likeness (QED) is 0.788. The number of aromatic amines is 1. The number of H-pyrrole nitrogens is 1. The van der Waals surface area contributed by atoms with E-state index in [1.54, 1.807) is 0 Å². The van der Waals surface area contributed by atoms with Crippen LogP contribution in [0.2, 0.25) is 0 Å². The van der Waals surface area contributed by atoms with Gasteiger partial charge >= 0.3 is 0 Å².